The fourth-order valence-corrected chi connectivity index (χ4v) is 2.00. The van der Waals surface area contributed by atoms with Crippen molar-refractivity contribution in [1.82, 2.24) is 0 Å². The van der Waals surface area contributed by atoms with E-state index in [1.165, 1.54) is 0 Å². The predicted octanol–water partition coefficient (Wildman–Crippen LogP) is 2.20. The average Bonchev–Trinajstić information content (AvgIpc) is 2.60. The molecule has 0 saturated carbocycles. The van der Waals surface area contributed by atoms with Crippen molar-refractivity contribution in [2.24, 2.45) is 0 Å². The molecule has 0 bridgehead atoms. The Bertz CT molecular complexity index is 477. The third-order valence-corrected chi connectivity index (χ3v) is 3.16. The second-order valence-electron chi connectivity index (χ2n) is 4.80. The quantitative estimate of drug-likeness (QED) is 0.327. The van der Waals surface area contributed by atoms with E-state index < -0.39 is 0 Å². The lowest BCUT2D eigenvalue weighted by atomic mass is 10.1. The van der Waals surface area contributed by atoms with Crippen molar-refractivity contribution in [3.8, 4) is 17.2 Å². The first-order chi connectivity index (χ1) is 11.7. The molecule has 7 heteroatoms. The fraction of sp³-hybridized carbons (Fsp3) is 0.588. The van der Waals surface area contributed by atoms with E-state index >= 15 is 0 Å². The molecule has 0 atom stereocenters. The summed E-state index contributed by atoms with van der Waals surface area (Å²) in [5.74, 6) is 1.26. The van der Waals surface area contributed by atoms with Crippen LogP contribution in [-0.2, 0) is 25.4 Å². The van der Waals surface area contributed by atoms with Crippen molar-refractivity contribution < 1.29 is 33.2 Å². The van der Waals surface area contributed by atoms with E-state index in [0.29, 0.717) is 49.9 Å². The van der Waals surface area contributed by atoms with Gasteiger partial charge in [0.25, 0.3) is 0 Å². The Hall–Kier alpha value is -1.99. The molecule has 0 N–H and O–H groups in total. The molecule has 0 fully saturated rings. The molecule has 136 valence electrons. The Labute approximate surface area is 142 Å². The van der Waals surface area contributed by atoms with Gasteiger partial charge in [0.15, 0.2) is 18.3 Å². The van der Waals surface area contributed by atoms with Crippen molar-refractivity contribution in [3.05, 3.63) is 17.7 Å². The summed E-state index contributed by atoms with van der Waals surface area (Å²) in [6.07, 6.45) is 0.816. The van der Waals surface area contributed by atoms with E-state index in [2.05, 4.69) is 0 Å². The van der Waals surface area contributed by atoms with Crippen molar-refractivity contribution in [3.63, 3.8) is 0 Å². The van der Waals surface area contributed by atoms with E-state index in [0.717, 1.165) is 5.56 Å². The van der Waals surface area contributed by atoms with Gasteiger partial charge in [-0.1, -0.05) is 0 Å². The Balaban J connectivity index is 2.75. The lowest BCUT2D eigenvalue weighted by Gasteiger charge is -2.16. The monoisotopic (exact) mass is 342 g/mol. The minimum absolute atomic E-state index is 0.0538. The molecule has 1 rings (SSSR count). The number of aryl methyl sites for hydroxylation is 1. The number of hydrogen-bond acceptors (Lipinski definition) is 7. The van der Waals surface area contributed by atoms with E-state index in [-0.39, 0.29) is 12.8 Å². The minimum atomic E-state index is -0.234. The Kier molecular flexibility index (Phi) is 9.64. The molecule has 0 saturated heterocycles. The summed E-state index contributed by atoms with van der Waals surface area (Å²) in [5.41, 5.74) is 0.893. The van der Waals surface area contributed by atoms with Crippen molar-refractivity contribution >= 4 is 5.97 Å². The van der Waals surface area contributed by atoms with Crippen molar-refractivity contribution in [2.45, 2.75) is 19.8 Å². The number of esters is 1. The molecule has 7 nitrogen and oxygen atoms in total. The number of benzene rings is 1. The minimum Gasteiger partial charge on any atom is -0.493 e. The third kappa shape index (κ3) is 6.64. The van der Waals surface area contributed by atoms with Gasteiger partial charge in [-0.3, -0.25) is 4.79 Å². The number of carbonyl (C=O) groups is 1. The van der Waals surface area contributed by atoms with E-state index in [9.17, 15) is 4.79 Å². The number of carbonyl (C=O) groups excluding carboxylic acids is 1. The van der Waals surface area contributed by atoms with Gasteiger partial charge in [-0.15, -0.1) is 0 Å². The zero-order valence-corrected chi connectivity index (χ0v) is 14.8. The summed E-state index contributed by atoms with van der Waals surface area (Å²) in [6.45, 7) is 3.13. The molecular weight excluding hydrogens is 316 g/mol. The van der Waals surface area contributed by atoms with Crippen LogP contribution in [0.1, 0.15) is 18.9 Å². The predicted molar refractivity (Wildman–Crippen MR) is 87.8 cm³/mol. The normalized spacial score (nSPS) is 10.3. The van der Waals surface area contributed by atoms with Gasteiger partial charge in [0.05, 0.1) is 34.0 Å². The van der Waals surface area contributed by atoms with Gasteiger partial charge in [-0.2, -0.15) is 0 Å². The highest BCUT2D eigenvalue weighted by molar-refractivity contribution is 5.69. The van der Waals surface area contributed by atoms with Crippen LogP contribution in [0.5, 0.6) is 17.2 Å². The van der Waals surface area contributed by atoms with Gasteiger partial charge in [-0.25, -0.2) is 0 Å². The van der Waals surface area contributed by atoms with Crippen molar-refractivity contribution in [2.75, 3.05) is 47.9 Å². The van der Waals surface area contributed by atoms with Crippen LogP contribution >= 0.6 is 0 Å². The molecule has 24 heavy (non-hydrogen) atoms. The van der Waals surface area contributed by atoms with Crippen LogP contribution in [-0.4, -0.2) is 53.9 Å². The smallest absolute Gasteiger partial charge is 0.306 e. The molecule has 0 radical (unpaired) electrons. The van der Waals surface area contributed by atoms with Gasteiger partial charge in [0, 0.05) is 13.5 Å². The zero-order valence-electron chi connectivity index (χ0n) is 14.8. The maximum atomic E-state index is 11.5. The summed E-state index contributed by atoms with van der Waals surface area (Å²) in [7, 11) is 4.69. The molecule has 0 amide bonds. The van der Waals surface area contributed by atoms with Crippen molar-refractivity contribution in [1.29, 1.82) is 0 Å². The maximum Gasteiger partial charge on any atom is 0.306 e. The van der Waals surface area contributed by atoms with Gasteiger partial charge >= 0.3 is 5.97 Å². The summed E-state index contributed by atoms with van der Waals surface area (Å²) in [4.78, 5) is 11.5. The summed E-state index contributed by atoms with van der Waals surface area (Å²) >= 11 is 0. The number of ether oxygens (including phenoxy) is 6. The van der Waals surface area contributed by atoms with Crippen LogP contribution in [0.2, 0.25) is 0 Å². The molecule has 0 aliphatic carbocycles. The molecule has 0 spiro atoms. The second kappa shape index (κ2) is 11.5. The number of hydrogen-bond donors (Lipinski definition) is 0. The van der Waals surface area contributed by atoms with Crippen LogP contribution in [0.4, 0.5) is 0 Å². The Morgan fingerprint density at radius 1 is 1.04 bits per heavy atom. The lowest BCUT2D eigenvalue weighted by Crippen LogP contribution is -2.09. The van der Waals surface area contributed by atoms with Crippen LogP contribution in [0, 0.1) is 0 Å². The summed E-state index contributed by atoms with van der Waals surface area (Å²) < 4.78 is 31.4. The van der Waals surface area contributed by atoms with E-state index in [1.54, 1.807) is 28.3 Å². The number of methoxy groups -OCH3 is 3. The SMILES string of the molecule is CCOC(=O)CCc1cc(OC)c(OCOCCOC)c(OC)c1. The first kappa shape index (κ1) is 20.1. The molecule has 1 aromatic rings. The fourth-order valence-electron chi connectivity index (χ4n) is 2.00. The average molecular weight is 342 g/mol. The molecule has 0 heterocycles. The largest absolute Gasteiger partial charge is 0.493 e. The van der Waals surface area contributed by atoms with Crippen LogP contribution in [0.3, 0.4) is 0 Å². The van der Waals surface area contributed by atoms with Crippen LogP contribution in [0.15, 0.2) is 12.1 Å². The second-order valence-corrected chi connectivity index (χ2v) is 4.80. The molecule has 0 aliphatic rings. The molecular formula is C17H26O7. The maximum absolute atomic E-state index is 11.5. The zero-order chi connectivity index (χ0) is 17.8. The highest BCUT2D eigenvalue weighted by Gasteiger charge is 2.15. The standard InChI is InChI=1S/C17H26O7/c1-5-23-16(18)7-6-13-10-14(20-3)17(15(11-13)21-4)24-12-22-9-8-19-2/h10-11H,5-9,12H2,1-4H3. The van der Waals surface area contributed by atoms with Gasteiger partial charge < -0.3 is 28.4 Å². The highest BCUT2D eigenvalue weighted by Crippen LogP contribution is 2.38. The van der Waals surface area contributed by atoms with Crippen LogP contribution in [0.25, 0.3) is 0 Å². The first-order valence-corrected chi connectivity index (χ1v) is 7.76. The third-order valence-electron chi connectivity index (χ3n) is 3.16. The molecule has 1 aromatic carbocycles. The Morgan fingerprint density at radius 2 is 1.71 bits per heavy atom. The van der Waals surface area contributed by atoms with Gasteiger partial charge in [0.2, 0.25) is 5.75 Å². The summed E-state index contributed by atoms with van der Waals surface area (Å²) in [6, 6.07) is 3.62. The lowest BCUT2D eigenvalue weighted by molar-refractivity contribution is -0.143. The van der Waals surface area contributed by atoms with Gasteiger partial charge in [0.1, 0.15) is 0 Å². The molecule has 0 aromatic heterocycles. The number of rotatable bonds is 12. The molecule has 0 unspecified atom stereocenters. The van der Waals surface area contributed by atoms with E-state index in [1.807, 2.05) is 12.1 Å². The Morgan fingerprint density at radius 3 is 2.25 bits per heavy atom. The highest BCUT2D eigenvalue weighted by atomic mass is 16.7. The van der Waals surface area contributed by atoms with E-state index in [4.69, 9.17) is 28.4 Å². The first-order valence-electron chi connectivity index (χ1n) is 7.76. The van der Waals surface area contributed by atoms with Crippen LogP contribution < -0.4 is 14.2 Å². The topological polar surface area (TPSA) is 72.5 Å². The molecule has 0 aliphatic heterocycles. The van der Waals surface area contributed by atoms with Gasteiger partial charge in [-0.05, 0) is 31.0 Å². The summed E-state index contributed by atoms with van der Waals surface area (Å²) in [5, 5.41) is 0.